The molecule has 1 aromatic carbocycles. The zero-order chi connectivity index (χ0) is 18.4. The standard InChI is InChI=1S/C18H20N2O5/c1-3-25-18(24)11(2)8-15(17(22)23)20-16(21)13-9-12-6-4-5-7-14(12)19-10-13/h4-7,9-11,15H,3,8H2,1-2H3,(H,20,21)(H,22,23)/t11-,15-/m1/s1. The van der Waals surface area contributed by atoms with E-state index in [2.05, 4.69) is 10.3 Å². The molecular formula is C18H20N2O5. The Morgan fingerprint density at radius 3 is 2.68 bits per heavy atom. The minimum absolute atomic E-state index is 0.0546. The van der Waals surface area contributed by atoms with Crippen molar-refractivity contribution in [1.29, 1.82) is 0 Å². The fourth-order valence-corrected chi connectivity index (χ4v) is 2.39. The summed E-state index contributed by atoms with van der Waals surface area (Å²) in [4.78, 5) is 39.6. The fraction of sp³-hybridized carbons (Fsp3) is 0.333. The number of carboxylic acid groups (broad SMARTS) is 1. The van der Waals surface area contributed by atoms with Crippen LogP contribution in [0.5, 0.6) is 0 Å². The summed E-state index contributed by atoms with van der Waals surface area (Å²) >= 11 is 0. The maximum absolute atomic E-state index is 12.3. The summed E-state index contributed by atoms with van der Waals surface area (Å²) < 4.78 is 4.87. The highest BCUT2D eigenvalue weighted by Gasteiger charge is 2.27. The normalized spacial score (nSPS) is 13.0. The largest absolute Gasteiger partial charge is 0.480 e. The molecule has 0 unspecified atom stereocenters. The number of benzene rings is 1. The Hall–Kier alpha value is -2.96. The molecule has 2 rings (SSSR count). The lowest BCUT2D eigenvalue weighted by atomic mass is 10.0. The number of pyridine rings is 1. The first-order valence-electron chi connectivity index (χ1n) is 7.97. The molecule has 0 fully saturated rings. The molecule has 1 amide bonds. The van der Waals surface area contributed by atoms with E-state index in [9.17, 15) is 19.5 Å². The molecule has 2 aromatic rings. The molecule has 0 bridgehead atoms. The number of aliphatic carboxylic acids is 1. The lowest BCUT2D eigenvalue weighted by Crippen LogP contribution is -2.42. The van der Waals surface area contributed by atoms with Crippen LogP contribution in [-0.2, 0) is 14.3 Å². The van der Waals surface area contributed by atoms with Crippen LogP contribution in [0.3, 0.4) is 0 Å². The Morgan fingerprint density at radius 2 is 2.00 bits per heavy atom. The van der Waals surface area contributed by atoms with Gasteiger partial charge < -0.3 is 15.2 Å². The molecule has 0 aliphatic rings. The summed E-state index contributed by atoms with van der Waals surface area (Å²) in [5.74, 6) is -2.90. The predicted octanol–water partition coefficient (Wildman–Crippen LogP) is 2.01. The fourth-order valence-electron chi connectivity index (χ4n) is 2.39. The SMILES string of the molecule is CCOC(=O)[C@H](C)C[C@@H](NC(=O)c1cnc2ccccc2c1)C(=O)O. The van der Waals surface area contributed by atoms with E-state index >= 15 is 0 Å². The highest BCUT2D eigenvalue weighted by Crippen LogP contribution is 2.14. The number of carbonyl (C=O) groups is 3. The van der Waals surface area contributed by atoms with E-state index in [1.807, 2.05) is 24.3 Å². The van der Waals surface area contributed by atoms with Crippen molar-refractivity contribution in [3.8, 4) is 0 Å². The average Bonchev–Trinajstić information content (AvgIpc) is 2.60. The van der Waals surface area contributed by atoms with Crippen molar-refractivity contribution in [3.05, 3.63) is 42.1 Å². The van der Waals surface area contributed by atoms with Crippen molar-refractivity contribution in [2.45, 2.75) is 26.3 Å². The number of carbonyl (C=O) groups excluding carboxylic acids is 2. The van der Waals surface area contributed by atoms with Crippen LogP contribution in [0.15, 0.2) is 36.5 Å². The number of amides is 1. The van der Waals surface area contributed by atoms with Crippen molar-refractivity contribution in [3.63, 3.8) is 0 Å². The van der Waals surface area contributed by atoms with E-state index in [0.29, 0.717) is 0 Å². The predicted molar refractivity (Wildman–Crippen MR) is 91.0 cm³/mol. The van der Waals surface area contributed by atoms with Crippen molar-refractivity contribution >= 4 is 28.7 Å². The van der Waals surface area contributed by atoms with Crippen LogP contribution in [0.2, 0.25) is 0 Å². The highest BCUT2D eigenvalue weighted by atomic mass is 16.5. The van der Waals surface area contributed by atoms with Gasteiger partial charge in [-0.15, -0.1) is 0 Å². The van der Waals surface area contributed by atoms with Gasteiger partial charge in [-0.1, -0.05) is 25.1 Å². The third-order valence-corrected chi connectivity index (χ3v) is 3.73. The molecule has 2 atom stereocenters. The summed E-state index contributed by atoms with van der Waals surface area (Å²) in [6.45, 7) is 3.46. The van der Waals surface area contributed by atoms with Crippen molar-refractivity contribution < 1.29 is 24.2 Å². The lowest BCUT2D eigenvalue weighted by Gasteiger charge is -2.18. The number of nitrogens with zero attached hydrogens (tertiary/aromatic N) is 1. The molecule has 2 N–H and O–H groups in total. The number of nitrogens with one attached hydrogen (secondary N) is 1. The molecule has 25 heavy (non-hydrogen) atoms. The number of ether oxygens (including phenoxy) is 1. The number of hydrogen-bond acceptors (Lipinski definition) is 5. The first-order chi connectivity index (χ1) is 11.9. The number of rotatable bonds is 7. The van der Waals surface area contributed by atoms with Gasteiger partial charge in [0, 0.05) is 11.6 Å². The maximum Gasteiger partial charge on any atom is 0.326 e. The van der Waals surface area contributed by atoms with Gasteiger partial charge in [0.05, 0.1) is 23.6 Å². The van der Waals surface area contributed by atoms with Gasteiger partial charge in [0.25, 0.3) is 5.91 Å². The van der Waals surface area contributed by atoms with E-state index in [1.165, 1.54) is 6.20 Å². The maximum atomic E-state index is 12.3. The number of para-hydroxylation sites is 1. The number of hydrogen-bond donors (Lipinski definition) is 2. The molecular weight excluding hydrogens is 324 g/mol. The molecule has 0 spiro atoms. The second kappa shape index (κ2) is 8.23. The van der Waals surface area contributed by atoms with Gasteiger partial charge in [0.2, 0.25) is 0 Å². The first kappa shape index (κ1) is 18.4. The molecule has 0 aliphatic carbocycles. The van der Waals surface area contributed by atoms with Crippen molar-refractivity contribution in [1.82, 2.24) is 10.3 Å². The molecule has 7 nitrogen and oxygen atoms in total. The molecule has 0 saturated carbocycles. The third kappa shape index (κ3) is 4.76. The average molecular weight is 344 g/mol. The van der Waals surface area contributed by atoms with E-state index < -0.39 is 29.8 Å². The monoisotopic (exact) mass is 344 g/mol. The van der Waals surface area contributed by atoms with Crippen molar-refractivity contribution in [2.75, 3.05) is 6.61 Å². The van der Waals surface area contributed by atoms with Gasteiger partial charge in [0.1, 0.15) is 6.04 Å². The Balaban J connectivity index is 2.10. The minimum Gasteiger partial charge on any atom is -0.480 e. The molecule has 0 aliphatic heterocycles. The summed E-state index contributed by atoms with van der Waals surface area (Å²) in [6.07, 6.45) is 1.34. The second-order valence-electron chi connectivity index (χ2n) is 5.67. The van der Waals surface area contributed by atoms with Crippen LogP contribution in [0.1, 0.15) is 30.6 Å². The third-order valence-electron chi connectivity index (χ3n) is 3.73. The summed E-state index contributed by atoms with van der Waals surface area (Å²) in [6, 6.07) is 7.75. The van der Waals surface area contributed by atoms with Gasteiger partial charge >= 0.3 is 11.9 Å². The Morgan fingerprint density at radius 1 is 1.28 bits per heavy atom. The van der Waals surface area contributed by atoms with E-state index in [0.717, 1.165) is 10.9 Å². The van der Waals surface area contributed by atoms with Crippen LogP contribution >= 0.6 is 0 Å². The number of fused-ring (bicyclic) bond motifs is 1. The van der Waals surface area contributed by atoms with E-state index in [-0.39, 0.29) is 18.6 Å². The van der Waals surface area contributed by atoms with Gasteiger partial charge in [-0.05, 0) is 25.5 Å². The highest BCUT2D eigenvalue weighted by molar-refractivity contribution is 5.99. The Kier molecular flexibility index (Phi) is 6.05. The summed E-state index contributed by atoms with van der Waals surface area (Å²) in [7, 11) is 0. The van der Waals surface area contributed by atoms with Gasteiger partial charge in [-0.3, -0.25) is 14.6 Å². The summed E-state index contributed by atoms with van der Waals surface area (Å²) in [5.41, 5.74) is 0.999. The number of esters is 1. The smallest absolute Gasteiger partial charge is 0.326 e. The summed E-state index contributed by atoms with van der Waals surface area (Å²) in [5, 5.41) is 12.5. The minimum atomic E-state index is -1.21. The first-order valence-corrected chi connectivity index (χ1v) is 7.97. The molecule has 7 heteroatoms. The lowest BCUT2D eigenvalue weighted by molar-refractivity contribution is -0.148. The number of carboxylic acids is 1. The second-order valence-corrected chi connectivity index (χ2v) is 5.67. The molecule has 1 aromatic heterocycles. The number of aromatic nitrogens is 1. The van der Waals surface area contributed by atoms with Gasteiger partial charge in [-0.2, -0.15) is 0 Å². The van der Waals surface area contributed by atoms with Gasteiger partial charge in [-0.25, -0.2) is 4.79 Å². The topological polar surface area (TPSA) is 106 Å². The van der Waals surface area contributed by atoms with Crippen molar-refractivity contribution in [2.24, 2.45) is 5.92 Å². The quantitative estimate of drug-likeness (QED) is 0.744. The molecule has 1 heterocycles. The van der Waals surface area contributed by atoms with Crippen LogP contribution in [-0.4, -0.2) is 40.6 Å². The van der Waals surface area contributed by atoms with Crippen LogP contribution in [0.4, 0.5) is 0 Å². The van der Waals surface area contributed by atoms with Gasteiger partial charge in [0.15, 0.2) is 0 Å². The van der Waals surface area contributed by atoms with Crippen LogP contribution in [0, 0.1) is 5.92 Å². The van der Waals surface area contributed by atoms with E-state index in [1.54, 1.807) is 19.9 Å². The van der Waals surface area contributed by atoms with E-state index in [4.69, 9.17) is 4.74 Å². The molecule has 132 valence electrons. The van der Waals surface area contributed by atoms with Crippen LogP contribution < -0.4 is 5.32 Å². The van der Waals surface area contributed by atoms with Crippen LogP contribution in [0.25, 0.3) is 10.9 Å². The molecule has 0 saturated heterocycles. The Bertz CT molecular complexity index is 790. The zero-order valence-electron chi connectivity index (χ0n) is 14.1. The zero-order valence-corrected chi connectivity index (χ0v) is 14.1. The Labute approximate surface area is 145 Å². The molecule has 0 radical (unpaired) electrons.